The van der Waals surface area contributed by atoms with Crippen LogP contribution < -0.4 is 19.5 Å². The number of hydrogen-bond acceptors (Lipinski definition) is 5. The molecule has 0 aromatic heterocycles. The van der Waals surface area contributed by atoms with Crippen molar-refractivity contribution in [2.24, 2.45) is 5.92 Å². The summed E-state index contributed by atoms with van der Waals surface area (Å²) in [6.45, 7) is 3.10. The van der Waals surface area contributed by atoms with Crippen molar-refractivity contribution in [1.29, 1.82) is 0 Å². The summed E-state index contributed by atoms with van der Waals surface area (Å²) in [7, 11) is 4.65. The number of nitrogens with one attached hydrogen (secondary N) is 1. The van der Waals surface area contributed by atoms with Crippen molar-refractivity contribution < 1.29 is 23.8 Å². The Bertz CT molecular complexity index is 607. The summed E-state index contributed by atoms with van der Waals surface area (Å²) in [6, 6.07) is 3.62. The molecule has 1 aromatic carbocycles. The second-order valence-corrected chi connectivity index (χ2v) is 6.06. The first-order valence-corrected chi connectivity index (χ1v) is 8.32. The predicted molar refractivity (Wildman–Crippen MR) is 92.9 cm³/mol. The monoisotopic (exact) mass is 350 g/mol. The quantitative estimate of drug-likeness (QED) is 0.843. The number of nitrogens with zero attached hydrogens (tertiary/aromatic N) is 1. The fourth-order valence-corrected chi connectivity index (χ4v) is 3.05. The van der Waals surface area contributed by atoms with Gasteiger partial charge in [0.2, 0.25) is 17.6 Å². The molecule has 1 N–H and O–H groups in total. The fraction of sp³-hybridized carbons (Fsp3) is 0.556. The smallest absolute Gasteiger partial charge is 0.225 e. The lowest BCUT2D eigenvalue weighted by atomic mass is 9.97. The Balaban J connectivity index is 2.03. The second-order valence-electron chi connectivity index (χ2n) is 6.06. The Morgan fingerprint density at radius 1 is 1.16 bits per heavy atom. The number of rotatable bonds is 6. The van der Waals surface area contributed by atoms with Gasteiger partial charge in [0.15, 0.2) is 11.5 Å². The van der Waals surface area contributed by atoms with Crippen LogP contribution in [0.3, 0.4) is 0 Å². The van der Waals surface area contributed by atoms with Crippen LogP contribution in [0.2, 0.25) is 0 Å². The van der Waals surface area contributed by atoms with Crippen molar-refractivity contribution in [3.8, 4) is 17.2 Å². The number of ether oxygens (including phenoxy) is 3. The van der Waals surface area contributed by atoms with E-state index in [0.717, 1.165) is 24.9 Å². The Morgan fingerprint density at radius 3 is 2.32 bits per heavy atom. The van der Waals surface area contributed by atoms with Crippen molar-refractivity contribution in [1.82, 2.24) is 10.2 Å². The maximum absolute atomic E-state index is 12.4. The van der Waals surface area contributed by atoms with E-state index in [9.17, 15) is 9.59 Å². The topological polar surface area (TPSA) is 77.1 Å². The number of benzene rings is 1. The number of amides is 2. The highest BCUT2D eigenvalue weighted by Gasteiger charge is 2.26. The molecule has 2 amide bonds. The van der Waals surface area contributed by atoms with Crippen molar-refractivity contribution in [2.75, 3.05) is 34.4 Å². The highest BCUT2D eigenvalue weighted by Crippen LogP contribution is 2.38. The molecule has 1 atom stereocenters. The maximum Gasteiger partial charge on any atom is 0.225 e. The molecule has 1 aliphatic heterocycles. The zero-order chi connectivity index (χ0) is 18.4. The van der Waals surface area contributed by atoms with Gasteiger partial charge >= 0.3 is 0 Å². The molecule has 7 heteroatoms. The summed E-state index contributed by atoms with van der Waals surface area (Å²) < 4.78 is 15.9. The molecule has 25 heavy (non-hydrogen) atoms. The van der Waals surface area contributed by atoms with Crippen molar-refractivity contribution in [3.05, 3.63) is 17.7 Å². The lowest BCUT2D eigenvalue weighted by Crippen LogP contribution is -2.44. The molecule has 1 aromatic rings. The first-order valence-electron chi connectivity index (χ1n) is 8.32. The molecule has 1 fully saturated rings. The summed E-state index contributed by atoms with van der Waals surface area (Å²) in [5.74, 6) is 1.42. The molecule has 1 heterocycles. The lowest BCUT2D eigenvalue weighted by molar-refractivity contribution is -0.134. The summed E-state index contributed by atoms with van der Waals surface area (Å²) in [5, 5.41) is 2.94. The molecule has 1 saturated heterocycles. The lowest BCUT2D eigenvalue weighted by Gasteiger charge is -2.31. The Kier molecular flexibility index (Phi) is 6.50. The zero-order valence-electron chi connectivity index (χ0n) is 15.3. The Labute approximate surface area is 148 Å². The molecule has 0 spiro atoms. The average molecular weight is 350 g/mol. The predicted octanol–water partition coefficient (Wildman–Crippen LogP) is 1.59. The van der Waals surface area contributed by atoms with E-state index in [1.807, 2.05) is 12.1 Å². The molecule has 0 unspecified atom stereocenters. The Morgan fingerprint density at radius 2 is 1.80 bits per heavy atom. The van der Waals surface area contributed by atoms with Crippen LogP contribution in [0, 0.1) is 5.92 Å². The van der Waals surface area contributed by atoms with Gasteiger partial charge in [-0.2, -0.15) is 0 Å². The molecule has 0 bridgehead atoms. The van der Waals surface area contributed by atoms with E-state index in [2.05, 4.69) is 5.32 Å². The third kappa shape index (κ3) is 4.55. The minimum absolute atomic E-state index is 0.0159. The Hall–Kier alpha value is -2.44. The molecule has 0 radical (unpaired) electrons. The third-order valence-corrected chi connectivity index (χ3v) is 4.43. The van der Waals surface area contributed by atoms with Gasteiger partial charge in [-0.3, -0.25) is 9.59 Å². The van der Waals surface area contributed by atoms with Crippen LogP contribution in [-0.4, -0.2) is 51.1 Å². The molecular formula is C18H26N2O5. The third-order valence-electron chi connectivity index (χ3n) is 4.43. The summed E-state index contributed by atoms with van der Waals surface area (Å²) >= 11 is 0. The molecule has 0 saturated carbocycles. The van der Waals surface area contributed by atoms with Crippen LogP contribution in [0.15, 0.2) is 12.1 Å². The highest BCUT2D eigenvalue weighted by molar-refractivity contribution is 5.80. The van der Waals surface area contributed by atoms with Crippen LogP contribution in [0.1, 0.15) is 25.3 Å². The van der Waals surface area contributed by atoms with Gasteiger partial charge in [-0.1, -0.05) is 0 Å². The molecular weight excluding hydrogens is 324 g/mol. The molecule has 138 valence electrons. The number of likely N-dealkylation sites (tertiary alicyclic amines) is 1. The van der Waals surface area contributed by atoms with Crippen molar-refractivity contribution in [2.45, 2.75) is 26.3 Å². The summed E-state index contributed by atoms with van der Waals surface area (Å²) in [4.78, 5) is 25.7. The first kappa shape index (κ1) is 18.9. The molecule has 2 rings (SSSR count). The van der Waals surface area contributed by atoms with Gasteiger partial charge in [-0.15, -0.1) is 0 Å². The van der Waals surface area contributed by atoms with Crippen molar-refractivity contribution >= 4 is 11.8 Å². The SMILES string of the molecule is COc1cc(CNC(=O)[C@@H]2CCCN(C(C)=O)C2)cc(OC)c1OC. The summed E-state index contributed by atoms with van der Waals surface area (Å²) in [6.07, 6.45) is 1.65. The van der Waals surface area contributed by atoms with E-state index in [-0.39, 0.29) is 17.7 Å². The number of carbonyl (C=O) groups is 2. The van der Waals surface area contributed by atoms with E-state index in [0.29, 0.717) is 30.3 Å². The van der Waals surface area contributed by atoms with Crippen LogP contribution in [0.25, 0.3) is 0 Å². The van der Waals surface area contributed by atoms with Gasteiger partial charge in [0, 0.05) is 26.6 Å². The van der Waals surface area contributed by atoms with Gasteiger partial charge in [0.1, 0.15) is 0 Å². The van der Waals surface area contributed by atoms with E-state index >= 15 is 0 Å². The second kappa shape index (κ2) is 8.60. The van der Waals surface area contributed by atoms with Crippen molar-refractivity contribution in [3.63, 3.8) is 0 Å². The largest absolute Gasteiger partial charge is 0.493 e. The van der Waals surface area contributed by atoms with E-state index in [1.165, 1.54) is 6.92 Å². The van der Waals surface area contributed by atoms with Crippen LogP contribution in [0.5, 0.6) is 17.2 Å². The zero-order valence-corrected chi connectivity index (χ0v) is 15.3. The first-order chi connectivity index (χ1) is 12.0. The summed E-state index contributed by atoms with van der Waals surface area (Å²) in [5.41, 5.74) is 0.849. The molecule has 7 nitrogen and oxygen atoms in total. The number of hydrogen-bond donors (Lipinski definition) is 1. The van der Waals surface area contributed by atoms with Gasteiger partial charge in [-0.25, -0.2) is 0 Å². The van der Waals surface area contributed by atoms with E-state index in [4.69, 9.17) is 14.2 Å². The normalized spacial score (nSPS) is 17.0. The van der Waals surface area contributed by atoms with Gasteiger partial charge in [0.05, 0.1) is 27.2 Å². The number of carbonyl (C=O) groups excluding carboxylic acids is 2. The number of piperidine rings is 1. The van der Waals surface area contributed by atoms with Gasteiger partial charge < -0.3 is 24.4 Å². The minimum atomic E-state index is -0.167. The molecule has 1 aliphatic rings. The fourth-order valence-electron chi connectivity index (χ4n) is 3.05. The number of methoxy groups -OCH3 is 3. The highest BCUT2D eigenvalue weighted by atomic mass is 16.5. The van der Waals surface area contributed by atoms with Gasteiger partial charge in [0.25, 0.3) is 0 Å². The average Bonchev–Trinajstić information content (AvgIpc) is 2.64. The standard InChI is InChI=1S/C18H26N2O5/c1-12(21)20-7-5-6-14(11-20)18(22)19-10-13-8-15(23-2)17(25-4)16(9-13)24-3/h8-9,14H,5-7,10-11H2,1-4H3,(H,19,22)/t14-/m1/s1. The van der Waals surface area contributed by atoms with Gasteiger partial charge in [-0.05, 0) is 30.5 Å². The van der Waals surface area contributed by atoms with E-state index in [1.54, 1.807) is 26.2 Å². The maximum atomic E-state index is 12.4. The van der Waals surface area contributed by atoms with Crippen LogP contribution in [0.4, 0.5) is 0 Å². The van der Waals surface area contributed by atoms with Crippen LogP contribution in [-0.2, 0) is 16.1 Å². The van der Waals surface area contributed by atoms with Crippen LogP contribution >= 0.6 is 0 Å². The minimum Gasteiger partial charge on any atom is -0.493 e. The molecule has 0 aliphatic carbocycles. The van der Waals surface area contributed by atoms with E-state index < -0.39 is 0 Å².